The molecule has 7 nitrogen and oxygen atoms in total. The molecular weight excluding hydrogens is 400 g/mol. The van der Waals surface area contributed by atoms with Crippen LogP contribution in [0.25, 0.3) is 11.0 Å². The monoisotopic (exact) mass is 426 g/mol. The van der Waals surface area contributed by atoms with Crippen LogP contribution in [-0.2, 0) is 21.2 Å². The van der Waals surface area contributed by atoms with Crippen LogP contribution in [0.3, 0.4) is 0 Å². The van der Waals surface area contributed by atoms with E-state index in [1.54, 1.807) is 24.3 Å². The van der Waals surface area contributed by atoms with Gasteiger partial charge in [0.1, 0.15) is 5.82 Å². The second-order valence-electron chi connectivity index (χ2n) is 7.67. The topological polar surface area (TPSA) is 95.2 Å². The molecule has 1 aliphatic heterocycles. The van der Waals surface area contributed by atoms with Crippen molar-refractivity contribution < 1.29 is 13.2 Å². The molecule has 0 saturated carbocycles. The van der Waals surface area contributed by atoms with Gasteiger partial charge in [0.05, 0.1) is 15.9 Å². The molecule has 2 N–H and O–H groups in total. The minimum Gasteiger partial charge on any atom is -0.342 e. The Morgan fingerprint density at radius 3 is 2.70 bits per heavy atom. The molecule has 1 saturated heterocycles. The molecule has 30 heavy (non-hydrogen) atoms. The number of hydrogen-bond acceptors (Lipinski definition) is 4. The maximum Gasteiger partial charge on any atom is 0.240 e. The summed E-state index contributed by atoms with van der Waals surface area (Å²) in [5.74, 6) is 1.30. The second-order valence-corrected chi connectivity index (χ2v) is 9.56. The number of para-hydroxylation sites is 2. The van der Waals surface area contributed by atoms with Crippen molar-refractivity contribution in [3.8, 4) is 0 Å². The summed E-state index contributed by atoms with van der Waals surface area (Å²) in [6.07, 6.45) is 2.98. The summed E-state index contributed by atoms with van der Waals surface area (Å²) in [6.45, 7) is 1.45. The van der Waals surface area contributed by atoms with Crippen molar-refractivity contribution in [1.82, 2.24) is 19.6 Å². The van der Waals surface area contributed by atoms with Crippen LogP contribution in [-0.4, -0.2) is 49.3 Å². The molecule has 2 heterocycles. The van der Waals surface area contributed by atoms with E-state index in [-0.39, 0.29) is 16.7 Å². The third-order valence-electron chi connectivity index (χ3n) is 5.70. The standard InChI is InChI=1S/C22H26N4O3S/c1-23-30(28,29)18-11-8-16(9-12-18)10-13-21(27)26-14-4-5-17(15-26)22-24-19-6-2-3-7-20(19)25-22/h2-3,6-9,11-12,17,23H,4-5,10,13-15H2,1H3,(H,24,25). The number of carbonyl (C=O) groups is 1. The molecule has 1 aromatic heterocycles. The zero-order valence-corrected chi connectivity index (χ0v) is 17.8. The Labute approximate surface area is 176 Å². The van der Waals surface area contributed by atoms with E-state index < -0.39 is 10.0 Å². The number of imidazole rings is 1. The molecule has 0 bridgehead atoms. The smallest absolute Gasteiger partial charge is 0.240 e. The lowest BCUT2D eigenvalue weighted by Crippen LogP contribution is -2.39. The van der Waals surface area contributed by atoms with Gasteiger partial charge in [0.25, 0.3) is 0 Å². The van der Waals surface area contributed by atoms with Crippen molar-refractivity contribution in [2.24, 2.45) is 0 Å². The highest BCUT2D eigenvalue weighted by atomic mass is 32.2. The molecule has 3 aromatic rings. The van der Waals surface area contributed by atoms with Crippen LogP contribution in [0.5, 0.6) is 0 Å². The van der Waals surface area contributed by atoms with Crippen LogP contribution in [0.15, 0.2) is 53.4 Å². The van der Waals surface area contributed by atoms with E-state index in [9.17, 15) is 13.2 Å². The Hall–Kier alpha value is -2.71. The lowest BCUT2D eigenvalue weighted by Gasteiger charge is -2.32. The first-order chi connectivity index (χ1) is 14.5. The highest BCUT2D eigenvalue weighted by Gasteiger charge is 2.26. The zero-order chi connectivity index (χ0) is 21.1. The van der Waals surface area contributed by atoms with Gasteiger partial charge in [-0.2, -0.15) is 0 Å². The number of fused-ring (bicyclic) bond motifs is 1. The molecule has 1 unspecified atom stereocenters. The number of amides is 1. The summed E-state index contributed by atoms with van der Waals surface area (Å²) in [7, 11) is -2.05. The average molecular weight is 427 g/mol. The van der Waals surface area contributed by atoms with E-state index in [2.05, 4.69) is 9.71 Å². The lowest BCUT2D eigenvalue weighted by atomic mass is 9.97. The van der Waals surface area contributed by atoms with Crippen molar-refractivity contribution >= 4 is 27.0 Å². The number of aromatic amines is 1. The largest absolute Gasteiger partial charge is 0.342 e. The Morgan fingerprint density at radius 1 is 1.20 bits per heavy atom. The molecule has 0 aliphatic carbocycles. The van der Waals surface area contributed by atoms with Gasteiger partial charge in [-0.05, 0) is 56.1 Å². The first kappa shape index (κ1) is 20.6. The molecule has 1 fully saturated rings. The first-order valence-corrected chi connectivity index (χ1v) is 11.7. The summed E-state index contributed by atoms with van der Waals surface area (Å²) in [6, 6.07) is 14.7. The third-order valence-corrected chi connectivity index (χ3v) is 7.13. The molecule has 0 spiro atoms. The number of piperidine rings is 1. The molecule has 158 valence electrons. The van der Waals surface area contributed by atoms with Gasteiger partial charge >= 0.3 is 0 Å². The van der Waals surface area contributed by atoms with E-state index in [4.69, 9.17) is 4.98 Å². The number of nitrogens with one attached hydrogen (secondary N) is 2. The molecule has 1 aliphatic rings. The highest BCUT2D eigenvalue weighted by molar-refractivity contribution is 7.89. The Morgan fingerprint density at radius 2 is 1.97 bits per heavy atom. The van der Waals surface area contributed by atoms with Gasteiger partial charge in [-0.25, -0.2) is 18.1 Å². The fourth-order valence-corrected chi connectivity index (χ4v) is 4.69. The molecular formula is C22H26N4O3S. The van der Waals surface area contributed by atoms with Gasteiger partial charge < -0.3 is 9.88 Å². The predicted molar refractivity (Wildman–Crippen MR) is 116 cm³/mol. The van der Waals surface area contributed by atoms with E-state index in [1.807, 2.05) is 29.2 Å². The van der Waals surface area contributed by atoms with Crippen LogP contribution in [0, 0.1) is 0 Å². The number of aromatic nitrogens is 2. The predicted octanol–water partition coefficient (Wildman–Crippen LogP) is 2.81. The zero-order valence-electron chi connectivity index (χ0n) is 17.0. The number of H-pyrrole nitrogens is 1. The fourth-order valence-electron chi connectivity index (χ4n) is 3.96. The van der Waals surface area contributed by atoms with Crippen LogP contribution in [0.2, 0.25) is 0 Å². The van der Waals surface area contributed by atoms with Gasteiger partial charge in [0.2, 0.25) is 15.9 Å². The third kappa shape index (κ3) is 4.39. The minimum absolute atomic E-state index is 0.128. The normalized spacial score (nSPS) is 17.4. The molecule has 2 aromatic carbocycles. The quantitative estimate of drug-likeness (QED) is 0.634. The molecule has 1 atom stereocenters. The van der Waals surface area contributed by atoms with Gasteiger partial charge in [0.15, 0.2) is 0 Å². The van der Waals surface area contributed by atoms with Crippen LogP contribution in [0.1, 0.15) is 36.6 Å². The van der Waals surface area contributed by atoms with Gasteiger partial charge in [-0.3, -0.25) is 4.79 Å². The number of nitrogens with zero attached hydrogens (tertiary/aromatic N) is 2. The minimum atomic E-state index is -3.44. The van der Waals surface area contributed by atoms with E-state index in [0.29, 0.717) is 19.4 Å². The Kier molecular flexibility index (Phi) is 5.87. The lowest BCUT2D eigenvalue weighted by molar-refractivity contribution is -0.132. The van der Waals surface area contributed by atoms with E-state index >= 15 is 0 Å². The van der Waals surface area contributed by atoms with E-state index in [0.717, 1.165) is 41.8 Å². The van der Waals surface area contributed by atoms with Crippen LogP contribution < -0.4 is 4.72 Å². The number of benzene rings is 2. The molecule has 0 radical (unpaired) electrons. The first-order valence-electron chi connectivity index (χ1n) is 10.2. The van der Waals surface area contributed by atoms with Crippen molar-refractivity contribution in [2.45, 2.75) is 36.5 Å². The number of carbonyl (C=O) groups excluding carboxylic acids is 1. The van der Waals surface area contributed by atoms with Gasteiger partial charge in [-0.15, -0.1) is 0 Å². The number of aryl methyl sites for hydroxylation is 1. The van der Waals surface area contributed by atoms with Crippen molar-refractivity contribution in [1.29, 1.82) is 0 Å². The Bertz CT molecular complexity index is 1110. The van der Waals surface area contributed by atoms with Crippen molar-refractivity contribution in [2.75, 3.05) is 20.1 Å². The van der Waals surface area contributed by atoms with Crippen LogP contribution >= 0.6 is 0 Å². The van der Waals surface area contributed by atoms with Gasteiger partial charge in [0, 0.05) is 25.4 Å². The van der Waals surface area contributed by atoms with Crippen LogP contribution in [0.4, 0.5) is 0 Å². The number of likely N-dealkylation sites (tertiary alicyclic amines) is 1. The number of rotatable bonds is 6. The van der Waals surface area contributed by atoms with Crippen molar-refractivity contribution in [3.05, 3.63) is 59.9 Å². The number of hydrogen-bond donors (Lipinski definition) is 2. The second kappa shape index (κ2) is 8.57. The number of sulfonamides is 1. The summed E-state index contributed by atoms with van der Waals surface area (Å²) in [4.78, 5) is 23.1. The summed E-state index contributed by atoms with van der Waals surface area (Å²) < 4.78 is 25.9. The fraction of sp³-hybridized carbons (Fsp3) is 0.364. The summed E-state index contributed by atoms with van der Waals surface area (Å²) in [5.41, 5.74) is 2.93. The molecule has 4 rings (SSSR count). The SMILES string of the molecule is CNS(=O)(=O)c1ccc(CCC(=O)N2CCCC(c3nc4ccccc4[nH]3)C2)cc1. The molecule has 1 amide bonds. The van der Waals surface area contributed by atoms with E-state index in [1.165, 1.54) is 7.05 Å². The maximum atomic E-state index is 12.8. The van der Waals surface area contributed by atoms with Crippen molar-refractivity contribution in [3.63, 3.8) is 0 Å². The summed E-state index contributed by atoms with van der Waals surface area (Å²) >= 11 is 0. The Balaban J connectivity index is 1.36. The highest BCUT2D eigenvalue weighted by Crippen LogP contribution is 2.27. The summed E-state index contributed by atoms with van der Waals surface area (Å²) in [5, 5.41) is 0. The molecule has 8 heteroatoms. The average Bonchev–Trinajstić information content (AvgIpc) is 3.22. The maximum absolute atomic E-state index is 12.8. The van der Waals surface area contributed by atoms with Gasteiger partial charge in [-0.1, -0.05) is 24.3 Å².